The quantitative estimate of drug-likeness (QED) is 0.537. The Morgan fingerprint density at radius 2 is 2.20 bits per heavy atom. The lowest BCUT2D eigenvalue weighted by atomic mass is 10.0. The van der Waals surface area contributed by atoms with Crippen molar-refractivity contribution >= 4 is 12.0 Å². The van der Waals surface area contributed by atoms with E-state index in [1.807, 2.05) is 0 Å². The predicted molar refractivity (Wildman–Crippen MR) is 40.2 cm³/mol. The molecular formula is C8H7NO. The van der Waals surface area contributed by atoms with E-state index in [9.17, 15) is 4.79 Å². The van der Waals surface area contributed by atoms with Crippen molar-refractivity contribution in [2.75, 3.05) is 0 Å². The summed E-state index contributed by atoms with van der Waals surface area (Å²) in [4.78, 5) is 10.2. The molecule has 0 bridgehead atoms. The van der Waals surface area contributed by atoms with Gasteiger partial charge < -0.3 is 5.41 Å². The summed E-state index contributed by atoms with van der Waals surface area (Å²) < 4.78 is 0. The van der Waals surface area contributed by atoms with Crippen molar-refractivity contribution in [3.8, 4) is 0 Å². The largest absolute Gasteiger partial charge is 0.300 e. The summed E-state index contributed by atoms with van der Waals surface area (Å²) in [6.07, 6.45) is 5.50. The minimum Gasteiger partial charge on any atom is -0.300 e. The lowest BCUT2D eigenvalue weighted by Gasteiger charge is -2.02. The Hall–Kier alpha value is -1.44. The molecule has 0 aliphatic heterocycles. The summed E-state index contributed by atoms with van der Waals surface area (Å²) in [6, 6.07) is 0. The molecule has 2 nitrogen and oxygen atoms in total. The van der Waals surface area contributed by atoms with Crippen LogP contribution in [0, 0.1) is 5.41 Å². The maximum atomic E-state index is 10.2. The molecule has 0 unspecified atom stereocenters. The smallest absolute Gasteiger partial charge is 0.150 e. The van der Waals surface area contributed by atoms with Crippen LogP contribution < -0.4 is 0 Å². The monoisotopic (exact) mass is 133 g/mol. The first-order valence-electron chi connectivity index (χ1n) is 2.87. The van der Waals surface area contributed by atoms with Crippen LogP contribution in [0.5, 0.6) is 0 Å². The number of rotatable bonds is 1. The van der Waals surface area contributed by atoms with Crippen LogP contribution >= 0.6 is 0 Å². The SMILES string of the molecule is C=C1C=C(C=O)C=CC1=N. The highest BCUT2D eigenvalue weighted by molar-refractivity contribution is 6.11. The molecule has 0 atom stereocenters. The molecule has 0 spiro atoms. The predicted octanol–water partition coefficient (Wildman–Crippen LogP) is 1.26. The molecular weight excluding hydrogens is 126 g/mol. The van der Waals surface area contributed by atoms with Gasteiger partial charge in [0.15, 0.2) is 0 Å². The van der Waals surface area contributed by atoms with Crippen LogP contribution in [0.1, 0.15) is 0 Å². The molecule has 0 fully saturated rings. The highest BCUT2D eigenvalue weighted by atomic mass is 16.1. The van der Waals surface area contributed by atoms with E-state index in [0.717, 1.165) is 6.29 Å². The zero-order valence-corrected chi connectivity index (χ0v) is 5.42. The number of aldehydes is 1. The first-order chi connectivity index (χ1) is 4.74. The number of hydrogen-bond acceptors (Lipinski definition) is 2. The summed E-state index contributed by atoms with van der Waals surface area (Å²) in [5.41, 5.74) is 1.52. The number of carbonyl (C=O) groups is 1. The molecule has 0 heterocycles. The van der Waals surface area contributed by atoms with Gasteiger partial charge >= 0.3 is 0 Å². The van der Waals surface area contributed by atoms with Gasteiger partial charge in [-0.1, -0.05) is 6.58 Å². The van der Waals surface area contributed by atoms with Crippen molar-refractivity contribution in [3.63, 3.8) is 0 Å². The molecule has 50 valence electrons. The van der Waals surface area contributed by atoms with Crippen LogP contribution in [0.25, 0.3) is 0 Å². The second-order valence-corrected chi connectivity index (χ2v) is 2.03. The first-order valence-corrected chi connectivity index (χ1v) is 2.87. The fourth-order valence-corrected chi connectivity index (χ4v) is 0.687. The van der Waals surface area contributed by atoms with Crippen LogP contribution in [0.4, 0.5) is 0 Å². The zero-order valence-electron chi connectivity index (χ0n) is 5.42. The van der Waals surface area contributed by atoms with Crippen molar-refractivity contribution in [1.82, 2.24) is 0 Å². The van der Waals surface area contributed by atoms with Gasteiger partial charge in [0.05, 0.1) is 5.71 Å². The molecule has 1 rings (SSSR count). The fourth-order valence-electron chi connectivity index (χ4n) is 0.687. The van der Waals surface area contributed by atoms with Crippen molar-refractivity contribution in [2.45, 2.75) is 0 Å². The molecule has 1 aliphatic rings. The first kappa shape index (κ1) is 6.68. The molecule has 0 aromatic rings. The third-order valence-electron chi connectivity index (χ3n) is 1.27. The third-order valence-corrected chi connectivity index (χ3v) is 1.27. The van der Waals surface area contributed by atoms with E-state index in [1.54, 1.807) is 18.2 Å². The minimum atomic E-state index is 0.366. The topological polar surface area (TPSA) is 40.9 Å². The van der Waals surface area contributed by atoms with Gasteiger partial charge in [-0.05, 0) is 23.8 Å². The molecule has 2 heteroatoms. The highest BCUT2D eigenvalue weighted by Gasteiger charge is 2.02. The maximum Gasteiger partial charge on any atom is 0.150 e. The zero-order chi connectivity index (χ0) is 7.56. The van der Waals surface area contributed by atoms with E-state index in [4.69, 9.17) is 5.41 Å². The van der Waals surface area contributed by atoms with Gasteiger partial charge in [-0.15, -0.1) is 0 Å². The van der Waals surface area contributed by atoms with E-state index in [-0.39, 0.29) is 0 Å². The Labute approximate surface area is 59.1 Å². The van der Waals surface area contributed by atoms with Gasteiger partial charge in [-0.25, -0.2) is 0 Å². The second kappa shape index (κ2) is 2.43. The van der Waals surface area contributed by atoms with E-state index in [2.05, 4.69) is 6.58 Å². The van der Waals surface area contributed by atoms with Crippen LogP contribution in [-0.2, 0) is 4.79 Å². The molecule has 0 aromatic heterocycles. The molecule has 1 N–H and O–H groups in total. The Bertz CT molecular complexity index is 258. The standard InChI is InChI=1S/C8H7NO/c1-6-4-7(5-10)2-3-8(6)9/h2-5,9H,1H2. The van der Waals surface area contributed by atoms with E-state index < -0.39 is 0 Å². The Kier molecular flexibility index (Phi) is 1.63. The molecule has 10 heavy (non-hydrogen) atoms. The highest BCUT2D eigenvalue weighted by Crippen LogP contribution is 2.08. The minimum absolute atomic E-state index is 0.366. The van der Waals surface area contributed by atoms with Crippen LogP contribution in [0.3, 0.4) is 0 Å². The summed E-state index contributed by atoms with van der Waals surface area (Å²) in [6.45, 7) is 3.58. The lowest BCUT2D eigenvalue weighted by Crippen LogP contribution is -1.99. The van der Waals surface area contributed by atoms with Gasteiger partial charge in [0, 0.05) is 5.57 Å². The Morgan fingerprint density at radius 3 is 2.70 bits per heavy atom. The lowest BCUT2D eigenvalue weighted by molar-refractivity contribution is -0.104. The average molecular weight is 133 g/mol. The third kappa shape index (κ3) is 1.10. The maximum absolute atomic E-state index is 10.2. The van der Waals surface area contributed by atoms with E-state index >= 15 is 0 Å². The van der Waals surface area contributed by atoms with Crippen molar-refractivity contribution in [2.24, 2.45) is 0 Å². The van der Waals surface area contributed by atoms with Crippen LogP contribution in [0.2, 0.25) is 0 Å². The average Bonchev–Trinajstić information content (AvgIpc) is 1.95. The molecule has 1 aliphatic carbocycles. The van der Waals surface area contributed by atoms with E-state index in [0.29, 0.717) is 16.9 Å². The molecule has 0 aromatic carbocycles. The molecule has 0 radical (unpaired) electrons. The van der Waals surface area contributed by atoms with Gasteiger partial charge in [0.2, 0.25) is 0 Å². The van der Waals surface area contributed by atoms with Gasteiger partial charge in [0.1, 0.15) is 6.29 Å². The van der Waals surface area contributed by atoms with Crippen molar-refractivity contribution in [1.29, 1.82) is 5.41 Å². The molecule has 0 saturated heterocycles. The summed E-state index contributed by atoms with van der Waals surface area (Å²) >= 11 is 0. The summed E-state index contributed by atoms with van der Waals surface area (Å²) in [7, 11) is 0. The normalized spacial score (nSPS) is 17.0. The number of hydrogen-bond donors (Lipinski definition) is 1. The van der Waals surface area contributed by atoms with E-state index in [1.165, 1.54) is 0 Å². The second-order valence-electron chi connectivity index (χ2n) is 2.03. The molecule has 0 amide bonds. The summed E-state index contributed by atoms with van der Waals surface area (Å²) in [5, 5.41) is 7.21. The van der Waals surface area contributed by atoms with Gasteiger partial charge in [-0.3, -0.25) is 4.79 Å². The molecule has 0 saturated carbocycles. The number of carbonyl (C=O) groups excluding carboxylic acids is 1. The van der Waals surface area contributed by atoms with Crippen molar-refractivity contribution in [3.05, 3.63) is 36.0 Å². The Morgan fingerprint density at radius 1 is 1.50 bits per heavy atom. The van der Waals surface area contributed by atoms with Crippen LogP contribution in [-0.4, -0.2) is 12.0 Å². The Balaban J connectivity index is 2.96. The van der Waals surface area contributed by atoms with Crippen LogP contribution in [0.15, 0.2) is 36.0 Å². The number of nitrogens with one attached hydrogen (secondary N) is 1. The number of allylic oxidation sites excluding steroid dienone is 5. The fraction of sp³-hybridized carbons (Fsp3) is 0. The van der Waals surface area contributed by atoms with Gasteiger partial charge in [-0.2, -0.15) is 0 Å². The summed E-state index contributed by atoms with van der Waals surface area (Å²) in [5.74, 6) is 0. The van der Waals surface area contributed by atoms with Gasteiger partial charge in [0.25, 0.3) is 0 Å². The van der Waals surface area contributed by atoms with Crippen molar-refractivity contribution < 1.29 is 4.79 Å².